The number of rotatable bonds is 4. The molecule has 0 saturated carbocycles. The van der Waals surface area contributed by atoms with Crippen molar-refractivity contribution in [2.75, 3.05) is 0 Å². The standard InChI is InChI=1S/C17H13F3N6O.C2HF3O2/c18-17(19,20)27-11-3-1-10(2-4-11)26-16-15(13(7-21)25-26)12(5-6-23-16)14-8-22-9-24-14;3-2(4,5)1(6)7/h1-6,8-9H,7,21H2,(H,22,24);(H,6,7). The van der Waals surface area contributed by atoms with E-state index in [2.05, 4.69) is 24.8 Å². The zero-order valence-electron chi connectivity index (χ0n) is 16.7. The summed E-state index contributed by atoms with van der Waals surface area (Å²) >= 11 is 0. The number of aliphatic carboxylic acids is 1. The first-order valence-corrected chi connectivity index (χ1v) is 9.12. The maximum atomic E-state index is 12.3. The van der Waals surface area contributed by atoms with Gasteiger partial charge in [-0.3, -0.25) is 0 Å². The predicted octanol–water partition coefficient (Wildman–Crippen LogP) is 3.80. The number of carbonyl (C=O) groups is 1. The summed E-state index contributed by atoms with van der Waals surface area (Å²) in [6.07, 6.45) is -4.96. The van der Waals surface area contributed by atoms with Gasteiger partial charge in [-0.1, -0.05) is 0 Å². The lowest BCUT2D eigenvalue weighted by atomic mass is 10.1. The zero-order chi connectivity index (χ0) is 25.1. The molecule has 0 radical (unpaired) electrons. The van der Waals surface area contributed by atoms with Gasteiger partial charge in [0.15, 0.2) is 5.65 Å². The van der Waals surface area contributed by atoms with Crippen LogP contribution in [-0.2, 0) is 11.3 Å². The van der Waals surface area contributed by atoms with Crippen LogP contribution in [0.4, 0.5) is 26.3 Å². The van der Waals surface area contributed by atoms with Crippen LogP contribution in [0.25, 0.3) is 28.0 Å². The summed E-state index contributed by atoms with van der Waals surface area (Å²) in [7, 11) is 0. The lowest BCUT2D eigenvalue weighted by Gasteiger charge is -2.09. The van der Waals surface area contributed by atoms with Crippen molar-refractivity contribution < 1.29 is 41.0 Å². The molecule has 3 heterocycles. The monoisotopic (exact) mass is 488 g/mol. The highest BCUT2D eigenvalue weighted by atomic mass is 19.4. The number of aromatic amines is 1. The van der Waals surface area contributed by atoms with Gasteiger partial charge in [0, 0.05) is 18.3 Å². The van der Waals surface area contributed by atoms with Gasteiger partial charge >= 0.3 is 18.5 Å². The van der Waals surface area contributed by atoms with Gasteiger partial charge < -0.3 is 20.6 Å². The zero-order valence-corrected chi connectivity index (χ0v) is 16.7. The van der Waals surface area contributed by atoms with Gasteiger partial charge in [-0.15, -0.1) is 13.2 Å². The topological polar surface area (TPSA) is 132 Å². The van der Waals surface area contributed by atoms with Crippen LogP contribution in [0.15, 0.2) is 49.1 Å². The number of ether oxygens (including phenoxy) is 1. The van der Waals surface area contributed by atoms with Crippen molar-refractivity contribution in [2.45, 2.75) is 19.1 Å². The molecule has 0 bridgehead atoms. The van der Waals surface area contributed by atoms with Crippen LogP contribution in [0.2, 0.25) is 0 Å². The number of alkyl halides is 6. The predicted molar refractivity (Wildman–Crippen MR) is 105 cm³/mol. The van der Waals surface area contributed by atoms with E-state index in [1.807, 2.05) is 6.07 Å². The van der Waals surface area contributed by atoms with Crippen LogP contribution in [0.1, 0.15) is 5.69 Å². The number of hydrogen-bond donors (Lipinski definition) is 3. The Kier molecular flexibility index (Phi) is 6.76. The van der Waals surface area contributed by atoms with Crippen molar-refractivity contribution >= 4 is 17.0 Å². The van der Waals surface area contributed by atoms with E-state index in [9.17, 15) is 26.3 Å². The smallest absolute Gasteiger partial charge is 0.475 e. The molecule has 0 spiro atoms. The van der Waals surface area contributed by atoms with Crippen LogP contribution in [0.5, 0.6) is 5.75 Å². The van der Waals surface area contributed by atoms with Gasteiger partial charge in [-0.25, -0.2) is 19.4 Å². The maximum absolute atomic E-state index is 12.3. The lowest BCUT2D eigenvalue weighted by Crippen LogP contribution is -2.21. The molecule has 0 saturated heterocycles. The van der Waals surface area contributed by atoms with Gasteiger partial charge in [0.05, 0.1) is 35.0 Å². The van der Waals surface area contributed by atoms with Gasteiger partial charge in [0.1, 0.15) is 5.75 Å². The molecule has 0 atom stereocenters. The van der Waals surface area contributed by atoms with Crippen LogP contribution in [0, 0.1) is 0 Å². The molecule has 15 heteroatoms. The van der Waals surface area contributed by atoms with E-state index in [1.165, 1.54) is 28.9 Å². The van der Waals surface area contributed by atoms with E-state index in [1.54, 1.807) is 18.7 Å². The Labute approximate surface area is 185 Å². The summed E-state index contributed by atoms with van der Waals surface area (Å²) in [6.45, 7) is 0.172. The second-order valence-corrected chi connectivity index (χ2v) is 6.43. The average molecular weight is 488 g/mol. The SMILES string of the molecule is NCc1nn(-c2ccc(OC(F)(F)F)cc2)c2nccc(-c3cnc[nH]3)c12.O=C(O)C(F)(F)F. The molecule has 0 fully saturated rings. The number of nitrogens with zero attached hydrogens (tertiary/aromatic N) is 4. The minimum atomic E-state index is -5.08. The fraction of sp³-hybridized carbons (Fsp3) is 0.158. The molecule has 1 aromatic carbocycles. The van der Waals surface area contributed by atoms with Crippen LogP contribution < -0.4 is 10.5 Å². The molecular weight excluding hydrogens is 474 g/mol. The van der Waals surface area contributed by atoms with Crippen molar-refractivity contribution in [3.8, 4) is 22.7 Å². The maximum Gasteiger partial charge on any atom is 0.573 e. The Balaban J connectivity index is 0.000000406. The fourth-order valence-corrected chi connectivity index (χ4v) is 2.85. The number of benzene rings is 1. The number of nitrogens with two attached hydrogens (primary N) is 1. The van der Waals surface area contributed by atoms with E-state index in [0.29, 0.717) is 17.0 Å². The number of H-pyrrole nitrogens is 1. The summed E-state index contributed by atoms with van der Waals surface area (Å²) in [6, 6.07) is 7.20. The van der Waals surface area contributed by atoms with E-state index < -0.39 is 18.5 Å². The fourth-order valence-electron chi connectivity index (χ4n) is 2.85. The highest BCUT2D eigenvalue weighted by Gasteiger charge is 2.38. The van der Waals surface area contributed by atoms with Crippen LogP contribution >= 0.6 is 0 Å². The molecule has 0 amide bonds. The van der Waals surface area contributed by atoms with Gasteiger partial charge in [0.25, 0.3) is 0 Å². The Hall–Kier alpha value is -4.14. The molecule has 0 aliphatic carbocycles. The van der Waals surface area contributed by atoms with Crippen LogP contribution in [-0.4, -0.2) is 48.3 Å². The minimum Gasteiger partial charge on any atom is -0.475 e. The van der Waals surface area contributed by atoms with Gasteiger partial charge in [0.2, 0.25) is 0 Å². The summed E-state index contributed by atoms with van der Waals surface area (Å²) in [5.74, 6) is -3.07. The van der Waals surface area contributed by atoms with Crippen LogP contribution in [0.3, 0.4) is 0 Å². The Bertz CT molecular complexity index is 1270. The molecule has 0 aliphatic heterocycles. The highest BCUT2D eigenvalue weighted by molar-refractivity contribution is 5.94. The van der Waals surface area contributed by atoms with Crippen molar-refractivity contribution in [1.82, 2.24) is 24.7 Å². The average Bonchev–Trinajstić information content (AvgIpc) is 3.41. The number of aromatic nitrogens is 5. The molecule has 0 unspecified atom stereocenters. The second-order valence-electron chi connectivity index (χ2n) is 6.43. The summed E-state index contributed by atoms with van der Waals surface area (Å²) < 4.78 is 74.2. The first-order valence-electron chi connectivity index (χ1n) is 9.12. The van der Waals surface area contributed by atoms with E-state index >= 15 is 0 Å². The Morgan fingerprint density at radius 1 is 1.12 bits per heavy atom. The Morgan fingerprint density at radius 3 is 2.26 bits per heavy atom. The van der Waals surface area contributed by atoms with Crippen molar-refractivity contribution in [3.05, 3.63) is 54.7 Å². The summed E-state index contributed by atoms with van der Waals surface area (Å²) in [4.78, 5) is 20.3. The number of imidazole rings is 1. The molecule has 0 aliphatic rings. The van der Waals surface area contributed by atoms with Crippen molar-refractivity contribution in [2.24, 2.45) is 5.73 Å². The van der Waals surface area contributed by atoms with E-state index in [0.717, 1.165) is 16.6 Å². The lowest BCUT2D eigenvalue weighted by molar-refractivity contribution is -0.274. The number of hydrogen-bond acceptors (Lipinski definition) is 6. The molecule has 3 aromatic heterocycles. The molecule has 9 nitrogen and oxygen atoms in total. The van der Waals surface area contributed by atoms with Gasteiger partial charge in [-0.05, 0) is 30.3 Å². The third-order valence-electron chi connectivity index (χ3n) is 4.18. The highest BCUT2D eigenvalue weighted by Crippen LogP contribution is 2.31. The van der Waals surface area contributed by atoms with Crippen molar-refractivity contribution in [3.63, 3.8) is 0 Å². The second kappa shape index (κ2) is 9.38. The normalized spacial score (nSPS) is 11.7. The number of carboxylic acid groups (broad SMARTS) is 1. The van der Waals surface area contributed by atoms with E-state index in [4.69, 9.17) is 15.6 Å². The molecule has 4 aromatic rings. The van der Waals surface area contributed by atoms with Crippen molar-refractivity contribution in [1.29, 1.82) is 0 Å². The van der Waals surface area contributed by atoms with E-state index in [-0.39, 0.29) is 12.3 Å². The number of carboxylic acids is 1. The summed E-state index contributed by atoms with van der Waals surface area (Å²) in [5.41, 5.74) is 9.14. The van der Waals surface area contributed by atoms with Gasteiger partial charge in [-0.2, -0.15) is 18.3 Å². The molecule has 4 rings (SSSR count). The molecule has 34 heavy (non-hydrogen) atoms. The quantitative estimate of drug-likeness (QED) is 0.372. The molecule has 4 N–H and O–H groups in total. The molecule has 180 valence electrons. The number of fused-ring (bicyclic) bond motifs is 1. The molecular formula is C19H14F6N6O3. The first kappa shape index (κ1) is 24.5. The number of pyridine rings is 1. The third-order valence-corrected chi connectivity index (χ3v) is 4.18. The number of nitrogens with one attached hydrogen (secondary N) is 1. The first-order chi connectivity index (χ1) is 15.9. The number of halogens is 6. The summed E-state index contributed by atoms with van der Waals surface area (Å²) in [5, 5.41) is 12.4. The Morgan fingerprint density at radius 2 is 1.76 bits per heavy atom. The minimum absolute atomic E-state index is 0.172. The third kappa shape index (κ3) is 5.61. The largest absolute Gasteiger partial charge is 0.573 e.